The first kappa shape index (κ1) is 11.5. The summed E-state index contributed by atoms with van der Waals surface area (Å²) in [5.74, 6) is 0. The number of hydrogen-bond donors (Lipinski definition) is 1. The first-order valence-electron chi connectivity index (χ1n) is 5.07. The third-order valence-corrected chi connectivity index (χ3v) is 2.95. The van der Waals surface area contributed by atoms with E-state index in [2.05, 4.69) is 24.1 Å². The molecule has 1 rings (SSSR count). The maximum absolute atomic E-state index is 5.30. The van der Waals surface area contributed by atoms with Gasteiger partial charge in [0.15, 0.2) is 0 Å². The molecule has 0 aromatic carbocycles. The molecule has 3 nitrogen and oxygen atoms in total. The fraction of sp³-hybridized carbons (Fsp3) is 0.700. The van der Waals surface area contributed by atoms with Gasteiger partial charge in [0.05, 0.1) is 6.61 Å². The molecule has 14 heavy (non-hydrogen) atoms. The molecule has 0 aliphatic rings. The van der Waals surface area contributed by atoms with Crippen molar-refractivity contribution in [3.8, 4) is 5.19 Å². The van der Waals surface area contributed by atoms with Crippen LogP contribution in [-0.4, -0.2) is 17.6 Å². The average Bonchev–Trinajstić information content (AvgIpc) is 2.63. The molecule has 80 valence electrons. The summed E-state index contributed by atoms with van der Waals surface area (Å²) in [6.45, 7) is 7.91. The van der Waals surface area contributed by atoms with Gasteiger partial charge in [-0.25, -0.2) is 4.98 Å². The number of rotatable bonds is 6. The Balaban J connectivity index is 2.35. The lowest BCUT2D eigenvalue weighted by molar-refractivity contribution is 0.338. The summed E-state index contributed by atoms with van der Waals surface area (Å²) in [6, 6.07) is 0.563. The van der Waals surface area contributed by atoms with E-state index >= 15 is 0 Å². The highest BCUT2D eigenvalue weighted by Crippen LogP contribution is 2.20. The number of nitrogens with one attached hydrogen (secondary N) is 1. The summed E-state index contributed by atoms with van der Waals surface area (Å²) in [5, 5.41) is 4.19. The van der Waals surface area contributed by atoms with Gasteiger partial charge in [-0.3, -0.25) is 0 Å². The smallest absolute Gasteiger partial charge is 0.273 e. The zero-order chi connectivity index (χ0) is 10.4. The van der Waals surface area contributed by atoms with E-state index in [1.165, 1.54) is 4.88 Å². The molecule has 1 aromatic heterocycles. The van der Waals surface area contributed by atoms with E-state index in [0.29, 0.717) is 12.6 Å². The Labute approximate surface area is 89.5 Å². The summed E-state index contributed by atoms with van der Waals surface area (Å²) in [5.41, 5.74) is 0. The van der Waals surface area contributed by atoms with Crippen LogP contribution in [0.15, 0.2) is 6.20 Å². The van der Waals surface area contributed by atoms with Gasteiger partial charge >= 0.3 is 0 Å². The van der Waals surface area contributed by atoms with E-state index in [1.54, 1.807) is 11.3 Å². The van der Waals surface area contributed by atoms with E-state index in [-0.39, 0.29) is 0 Å². The standard InChI is InChI=1S/C10H18N2OS/c1-4-8(3)11-6-9-7-12-10(14-9)13-5-2/h7-8,11H,4-6H2,1-3H3. The van der Waals surface area contributed by atoms with Crippen molar-refractivity contribution in [3.63, 3.8) is 0 Å². The predicted octanol–water partition coefficient (Wildman–Crippen LogP) is 2.43. The molecule has 1 aromatic rings. The molecule has 0 amide bonds. The Kier molecular flexibility index (Phi) is 4.90. The molecule has 0 fully saturated rings. The normalized spacial score (nSPS) is 12.8. The fourth-order valence-electron chi connectivity index (χ4n) is 0.981. The number of aromatic nitrogens is 1. The van der Waals surface area contributed by atoms with Crippen molar-refractivity contribution < 1.29 is 4.74 Å². The second kappa shape index (κ2) is 5.98. The van der Waals surface area contributed by atoms with Crippen LogP contribution < -0.4 is 10.1 Å². The molecular formula is C10H18N2OS. The zero-order valence-corrected chi connectivity index (χ0v) is 9.86. The van der Waals surface area contributed by atoms with Crippen LogP contribution in [0.4, 0.5) is 0 Å². The summed E-state index contributed by atoms with van der Waals surface area (Å²) in [4.78, 5) is 5.40. The minimum absolute atomic E-state index is 0.563. The molecule has 0 bridgehead atoms. The Bertz CT molecular complexity index is 262. The van der Waals surface area contributed by atoms with Crippen molar-refractivity contribution in [1.29, 1.82) is 0 Å². The Morgan fingerprint density at radius 2 is 2.36 bits per heavy atom. The molecule has 0 aliphatic heterocycles. The quantitative estimate of drug-likeness (QED) is 0.789. The lowest BCUT2D eigenvalue weighted by atomic mass is 10.2. The number of thiazole rings is 1. The maximum atomic E-state index is 5.30. The minimum Gasteiger partial charge on any atom is -0.470 e. The van der Waals surface area contributed by atoms with E-state index < -0.39 is 0 Å². The SMILES string of the molecule is CCOc1ncc(CNC(C)CC)s1. The van der Waals surface area contributed by atoms with E-state index in [4.69, 9.17) is 4.74 Å². The van der Waals surface area contributed by atoms with Crippen LogP contribution in [0.25, 0.3) is 0 Å². The van der Waals surface area contributed by atoms with Crippen LogP contribution in [0.1, 0.15) is 32.1 Å². The highest BCUT2D eigenvalue weighted by atomic mass is 32.1. The first-order valence-corrected chi connectivity index (χ1v) is 5.88. The van der Waals surface area contributed by atoms with Crippen molar-refractivity contribution in [2.75, 3.05) is 6.61 Å². The van der Waals surface area contributed by atoms with Crippen LogP contribution in [0.3, 0.4) is 0 Å². The molecule has 0 saturated heterocycles. The van der Waals surface area contributed by atoms with E-state index in [1.807, 2.05) is 13.1 Å². The maximum Gasteiger partial charge on any atom is 0.273 e. The number of ether oxygens (including phenoxy) is 1. The van der Waals surface area contributed by atoms with Gasteiger partial charge < -0.3 is 10.1 Å². The third-order valence-electron chi connectivity index (χ3n) is 2.04. The van der Waals surface area contributed by atoms with Gasteiger partial charge in [-0.15, -0.1) is 0 Å². The number of hydrogen-bond acceptors (Lipinski definition) is 4. The van der Waals surface area contributed by atoms with Crippen LogP contribution in [0.2, 0.25) is 0 Å². The van der Waals surface area contributed by atoms with Crippen LogP contribution in [-0.2, 0) is 6.54 Å². The molecule has 0 spiro atoms. The minimum atomic E-state index is 0.563. The van der Waals surface area contributed by atoms with Gasteiger partial charge in [-0.2, -0.15) is 0 Å². The van der Waals surface area contributed by atoms with Gasteiger partial charge in [0.1, 0.15) is 0 Å². The van der Waals surface area contributed by atoms with Gasteiger partial charge in [0.25, 0.3) is 5.19 Å². The molecule has 1 heterocycles. The van der Waals surface area contributed by atoms with Gasteiger partial charge in [0, 0.05) is 23.7 Å². The third kappa shape index (κ3) is 3.64. The van der Waals surface area contributed by atoms with Crippen molar-refractivity contribution in [3.05, 3.63) is 11.1 Å². The van der Waals surface area contributed by atoms with E-state index in [0.717, 1.165) is 18.2 Å². The largest absolute Gasteiger partial charge is 0.470 e. The molecule has 1 unspecified atom stereocenters. The van der Waals surface area contributed by atoms with Crippen molar-refractivity contribution >= 4 is 11.3 Å². The summed E-state index contributed by atoms with van der Waals surface area (Å²) in [6.07, 6.45) is 3.03. The summed E-state index contributed by atoms with van der Waals surface area (Å²) >= 11 is 1.61. The topological polar surface area (TPSA) is 34.1 Å². The molecule has 1 N–H and O–H groups in total. The Morgan fingerprint density at radius 1 is 1.57 bits per heavy atom. The highest BCUT2D eigenvalue weighted by Gasteiger charge is 2.03. The number of nitrogens with zero attached hydrogens (tertiary/aromatic N) is 1. The van der Waals surface area contributed by atoms with Gasteiger partial charge in [-0.1, -0.05) is 18.3 Å². The second-order valence-corrected chi connectivity index (χ2v) is 4.29. The lowest BCUT2D eigenvalue weighted by Gasteiger charge is -2.08. The first-order chi connectivity index (χ1) is 6.76. The molecule has 1 atom stereocenters. The monoisotopic (exact) mass is 214 g/mol. The van der Waals surface area contributed by atoms with Crippen molar-refractivity contribution in [1.82, 2.24) is 10.3 Å². The summed E-state index contributed by atoms with van der Waals surface area (Å²) in [7, 11) is 0. The predicted molar refractivity (Wildman–Crippen MR) is 59.9 cm³/mol. The summed E-state index contributed by atoms with van der Waals surface area (Å²) < 4.78 is 5.30. The van der Waals surface area contributed by atoms with Crippen LogP contribution >= 0.6 is 11.3 Å². The lowest BCUT2D eigenvalue weighted by Crippen LogP contribution is -2.23. The molecule has 0 radical (unpaired) electrons. The van der Waals surface area contributed by atoms with Crippen LogP contribution in [0.5, 0.6) is 5.19 Å². The fourth-order valence-corrected chi connectivity index (χ4v) is 1.75. The van der Waals surface area contributed by atoms with Crippen LogP contribution in [0, 0.1) is 0 Å². The second-order valence-electron chi connectivity index (χ2n) is 3.22. The highest BCUT2D eigenvalue weighted by molar-refractivity contribution is 7.13. The zero-order valence-electron chi connectivity index (χ0n) is 9.04. The molecule has 4 heteroatoms. The van der Waals surface area contributed by atoms with E-state index in [9.17, 15) is 0 Å². The van der Waals surface area contributed by atoms with Gasteiger partial charge in [-0.05, 0) is 20.3 Å². The van der Waals surface area contributed by atoms with Crippen molar-refractivity contribution in [2.24, 2.45) is 0 Å². The molecular weight excluding hydrogens is 196 g/mol. The molecule has 0 aliphatic carbocycles. The Morgan fingerprint density at radius 3 is 3.00 bits per heavy atom. The van der Waals surface area contributed by atoms with Gasteiger partial charge in [0.2, 0.25) is 0 Å². The van der Waals surface area contributed by atoms with Crippen molar-refractivity contribution in [2.45, 2.75) is 39.8 Å². The molecule has 0 saturated carbocycles. The average molecular weight is 214 g/mol. The Hall–Kier alpha value is -0.610.